The third-order valence-corrected chi connectivity index (χ3v) is 3.73. The van der Waals surface area contributed by atoms with Crippen LogP contribution in [0, 0.1) is 15.2 Å². The second-order valence-corrected chi connectivity index (χ2v) is 5.25. The topological polar surface area (TPSA) is 61.0 Å². The summed E-state index contributed by atoms with van der Waals surface area (Å²) in [6, 6.07) is 3.32. The summed E-state index contributed by atoms with van der Waals surface area (Å²) < 4.78 is 32.1. The number of halogens is 3. The molecule has 2 N–H and O–H groups in total. The van der Waals surface area contributed by atoms with E-state index < -0.39 is 11.6 Å². The number of hydrogen-bond acceptors (Lipinski definition) is 4. The third kappa shape index (κ3) is 3.60. The number of nitrogen functional groups attached to an aromatic ring is 1. The van der Waals surface area contributed by atoms with E-state index in [4.69, 9.17) is 10.5 Å². The Morgan fingerprint density at radius 2 is 1.85 bits per heavy atom. The number of methoxy groups -OCH3 is 1. The molecule has 0 saturated heterocycles. The van der Waals surface area contributed by atoms with Gasteiger partial charge in [-0.2, -0.15) is 0 Å². The number of nitrogens with zero attached hydrogens (tertiary/aromatic N) is 2. The molecule has 0 aliphatic heterocycles. The minimum Gasteiger partial charge on any atom is -0.383 e. The third-order valence-electron chi connectivity index (χ3n) is 2.56. The van der Waals surface area contributed by atoms with E-state index in [2.05, 4.69) is 9.97 Å². The molecule has 0 aliphatic rings. The monoisotopic (exact) mass is 391 g/mol. The van der Waals surface area contributed by atoms with Crippen LogP contribution in [-0.4, -0.2) is 17.1 Å². The lowest BCUT2D eigenvalue weighted by Gasteiger charge is -2.08. The molecule has 0 saturated carbocycles. The molecule has 0 fully saturated rings. The molecule has 20 heavy (non-hydrogen) atoms. The lowest BCUT2D eigenvalue weighted by atomic mass is 10.1. The molecule has 2 rings (SSSR count). The van der Waals surface area contributed by atoms with Gasteiger partial charge in [0.25, 0.3) is 0 Å². The van der Waals surface area contributed by atoms with Crippen molar-refractivity contribution in [2.75, 3.05) is 12.8 Å². The Hall–Kier alpha value is -1.35. The first-order valence-electron chi connectivity index (χ1n) is 5.74. The van der Waals surface area contributed by atoms with Crippen LogP contribution in [0.5, 0.6) is 0 Å². The average molecular weight is 391 g/mol. The summed E-state index contributed by atoms with van der Waals surface area (Å²) in [7, 11) is 1.55. The number of benzene rings is 1. The first kappa shape index (κ1) is 15.0. The van der Waals surface area contributed by atoms with Crippen molar-refractivity contribution < 1.29 is 13.5 Å². The van der Waals surface area contributed by atoms with E-state index in [1.165, 1.54) is 12.1 Å². The maximum Gasteiger partial charge on any atom is 0.141 e. The predicted octanol–water partition coefficient (Wildman–Crippen LogP) is 2.68. The maximum atomic E-state index is 13.1. The van der Waals surface area contributed by atoms with Gasteiger partial charge in [0.2, 0.25) is 0 Å². The summed E-state index contributed by atoms with van der Waals surface area (Å²) in [4.78, 5) is 8.44. The number of ether oxygens (including phenoxy) is 1. The molecule has 1 aromatic heterocycles. The average Bonchev–Trinajstić information content (AvgIpc) is 2.34. The van der Waals surface area contributed by atoms with Crippen LogP contribution in [0.3, 0.4) is 0 Å². The molecule has 0 atom stereocenters. The molecule has 106 valence electrons. The highest BCUT2D eigenvalue weighted by Gasteiger charge is 2.11. The highest BCUT2D eigenvalue weighted by atomic mass is 127. The molecular weight excluding hydrogens is 379 g/mol. The highest BCUT2D eigenvalue weighted by Crippen LogP contribution is 2.19. The van der Waals surface area contributed by atoms with Gasteiger partial charge in [-0.25, -0.2) is 18.7 Å². The molecule has 0 aliphatic carbocycles. The Balaban J connectivity index is 2.33. The van der Waals surface area contributed by atoms with Crippen LogP contribution in [0.15, 0.2) is 18.2 Å². The zero-order valence-electron chi connectivity index (χ0n) is 10.7. The van der Waals surface area contributed by atoms with E-state index in [0.29, 0.717) is 29.5 Å². The summed E-state index contributed by atoms with van der Waals surface area (Å²) in [6.07, 6.45) is 0.201. The van der Waals surface area contributed by atoms with Gasteiger partial charge in [-0.05, 0) is 40.3 Å². The quantitative estimate of drug-likeness (QED) is 0.815. The van der Waals surface area contributed by atoms with Gasteiger partial charge in [0, 0.05) is 19.6 Å². The Kier molecular flexibility index (Phi) is 4.81. The van der Waals surface area contributed by atoms with Crippen molar-refractivity contribution in [3.63, 3.8) is 0 Å². The van der Waals surface area contributed by atoms with Gasteiger partial charge >= 0.3 is 0 Å². The summed E-state index contributed by atoms with van der Waals surface area (Å²) in [6.45, 7) is 0.301. The second kappa shape index (κ2) is 6.40. The van der Waals surface area contributed by atoms with Gasteiger partial charge in [-0.15, -0.1) is 0 Å². The van der Waals surface area contributed by atoms with Crippen LogP contribution < -0.4 is 5.73 Å². The molecule has 1 aromatic carbocycles. The Bertz CT molecular complexity index is 617. The smallest absolute Gasteiger partial charge is 0.141 e. The van der Waals surface area contributed by atoms with Crippen molar-refractivity contribution in [2.24, 2.45) is 0 Å². The molecular formula is C13H12F2IN3O. The van der Waals surface area contributed by atoms with Gasteiger partial charge in [-0.1, -0.05) is 0 Å². The summed E-state index contributed by atoms with van der Waals surface area (Å²) >= 11 is 2.04. The van der Waals surface area contributed by atoms with Crippen molar-refractivity contribution in [1.82, 2.24) is 9.97 Å². The van der Waals surface area contributed by atoms with Gasteiger partial charge in [-0.3, -0.25) is 0 Å². The SMILES string of the molecule is COCc1nc(Cc2cc(F)cc(F)c2)nc(N)c1I. The highest BCUT2D eigenvalue weighted by molar-refractivity contribution is 14.1. The van der Waals surface area contributed by atoms with Gasteiger partial charge in [0.15, 0.2) is 0 Å². The fraction of sp³-hybridized carbons (Fsp3) is 0.231. The lowest BCUT2D eigenvalue weighted by molar-refractivity contribution is 0.180. The maximum absolute atomic E-state index is 13.1. The fourth-order valence-corrected chi connectivity index (χ4v) is 2.17. The normalized spacial score (nSPS) is 10.8. The zero-order valence-corrected chi connectivity index (χ0v) is 12.8. The molecule has 0 amide bonds. The molecule has 0 radical (unpaired) electrons. The molecule has 0 unspecified atom stereocenters. The largest absolute Gasteiger partial charge is 0.383 e. The summed E-state index contributed by atoms with van der Waals surface area (Å²) in [5.74, 6) is -0.523. The Morgan fingerprint density at radius 1 is 1.20 bits per heavy atom. The number of hydrogen-bond donors (Lipinski definition) is 1. The van der Waals surface area contributed by atoms with Crippen LogP contribution in [0.2, 0.25) is 0 Å². The van der Waals surface area contributed by atoms with Gasteiger partial charge in [0.05, 0.1) is 15.9 Å². The number of nitrogens with two attached hydrogens (primary N) is 1. The molecule has 1 heterocycles. The summed E-state index contributed by atoms with van der Waals surface area (Å²) in [5.41, 5.74) is 6.91. The van der Waals surface area contributed by atoms with E-state index >= 15 is 0 Å². The second-order valence-electron chi connectivity index (χ2n) is 4.17. The number of rotatable bonds is 4. The first-order chi connectivity index (χ1) is 9.49. The van der Waals surface area contributed by atoms with Crippen LogP contribution in [0.4, 0.5) is 14.6 Å². The number of anilines is 1. The van der Waals surface area contributed by atoms with Crippen molar-refractivity contribution in [2.45, 2.75) is 13.0 Å². The first-order valence-corrected chi connectivity index (χ1v) is 6.82. The predicted molar refractivity (Wildman–Crippen MR) is 79.0 cm³/mol. The van der Waals surface area contributed by atoms with E-state index in [-0.39, 0.29) is 6.42 Å². The fourth-order valence-electron chi connectivity index (χ4n) is 1.77. The standard InChI is InChI=1S/C13H12F2IN3O/c1-20-6-10-12(16)13(17)19-11(18-10)4-7-2-8(14)5-9(15)3-7/h2-3,5H,4,6H2,1H3,(H2,17,18,19). The van der Waals surface area contributed by atoms with Crippen LogP contribution in [0.25, 0.3) is 0 Å². The van der Waals surface area contributed by atoms with E-state index in [1.54, 1.807) is 7.11 Å². The summed E-state index contributed by atoms with van der Waals surface area (Å²) in [5, 5.41) is 0. The molecule has 2 aromatic rings. The van der Waals surface area contributed by atoms with Crippen molar-refractivity contribution in [3.8, 4) is 0 Å². The number of aromatic nitrogens is 2. The minimum atomic E-state index is -0.629. The van der Waals surface area contributed by atoms with Crippen LogP contribution in [0.1, 0.15) is 17.1 Å². The Morgan fingerprint density at radius 3 is 2.45 bits per heavy atom. The van der Waals surface area contributed by atoms with E-state index in [1.807, 2.05) is 22.6 Å². The van der Waals surface area contributed by atoms with Crippen molar-refractivity contribution in [1.29, 1.82) is 0 Å². The van der Waals surface area contributed by atoms with Gasteiger partial charge < -0.3 is 10.5 Å². The van der Waals surface area contributed by atoms with Crippen LogP contribution in [-0.2, 0) is 17.8 Å². The van der Waals surface area contributed by atoms with E-state index in [0.717, 1.165) is 9.64 Å². The Labute approximate surface area is 128 Å². The molecule has 7 heteroatoms. The van der Waals surface area contributed by atoms with Crippen molar-refractivity contribution in [3.05, 3.63) is 50.5 Å². The van der Waals surface area contributed by atoms with Crippen molar-refractivity contribution >= 4 is 28.4 Å². The van der Waals surface area contributed by atoms with E-state index in [9.17, 15) is 8.78 Å². The molecule has 4 nitrogen and oxygen atoms in total. The lowest BCUT2D eigenvalue weighted by Crippen LogP contribution is -2.08. The zero-order chi connectivity index (χ0) is 14.7. The molecule has 0 spiro atoms. The molecule has 0 bridgehead atoms. The van der Waals surface area contributed by atoms with Crippen LogP contribution >= 0.6 is 22.6 Å². The minimum absolute atomic E-state index is 0.201. The van der Waals surface area contributed by atoms with Gasteiger partial charge in [0.1, 0.15) is 23.3 Å².